The molecule has 19 heavy (non-hydrogen) atoms. The van der Waals surface area contributed by atoms with Gasteiger partial charge in [-0.15, -0.1) is 0 Å². The van der Waals surface area contributed by atoms with Gasteiger partial charge < -0.3 is 10.5 Å². The zero-order valence-corrected chi connectivity index (χ0v) is 11.7. The van der Waals surface area contributed by atoms with Crippen LogP contribution in [-0.4, -0.2) is 36.7 Å². The molecule has 3 heteroatoms. The lowest BCUT2D eigenvalue weighted by Gasteiger charge is -2.39. The van der Waals surface area contributed by atoms with Crippen molar-refractivity contribution in [2.75, 3.05) is 19.7 Å². The van der Waals surface area contributed by atoms with Gasteiger partial charge in [0.1, 0.15) is 5.75 Å². The summed E-state index contributed by atoms with van der Waals surface area (Å²) in [5, 5.41) is 0. The van der Waals surface area contributed by atoms with Gasteiger partial charge in [-0.25, -0.2) is 0 Å². The summed E-state index contributed by atoms with van der Waals surface area (Å²) in [6, 6.07) is 9.49. The van der Waals surface area contributed by atoms with Crippen molar-refractivity contribution in [3.05, 3.63) is 29.8 Å². The molecule has 2 N–H and O–H groups in total. The van der Waals surface area contributed by atoms with E-state index in [2.05, 4.69) is 36.1 Å². The Kier molecular flexibility index (Phi) is 3.76. The zero-order valence-electron chi connectivity index (χ0n) is 11.7. The number of ether oxygens (including phenoxy) is 1. The molecule has 2 aliphatic rings. The van der Waals surface area contributed by atoms with Crippen LogP contribution in [0.5, 0.6) is 5.75 Å². The molecule has 104 valence electrons. The molecule has 3 nitrogen and oxygen atoms in total. The van der Waals surface area contributed by atoms with E-state index in [0.29, 0.717) is 18.0 Å². The molecule has 3 unspecified atom stereocenters. The Morgan fingerprint density at radius 3 is 3.00 bits per heavy atom. The quantitative estimate of drug-likeness (QED) is 0.887. The first-order valence-corrected chi connectivity index (χ1v) is 7.45. The Morgan fingerprint density at radius 1 is 1.26 bits per heavy atom. The largest absolute Gasteiger partial charge is 0.493 e. The van der Waals surface area contributed by atoms with E-state index in [1.54, 1.807) is 0 Å². The molecule has 1 aromatic carbocycles. The third-order valence-electron chi connectivity index (χ3n) is 4.59. The number of fused-ring (bicyclic) bond motifs is 1. The molecular weight excluding hydrogens is 236 g/mol. The van der Waals surface area contributed by atoms with Crippen LogP contribution in [0.2, 0.25) is 0 Å². The van der Waals surface area contributed by atoms with E-state index in [4.69, 9.17) is 10.5 Å². The second kappa shape index (κ2) is 5.51. The topological polar surface area (TPSA) is 38.5 Å². The van der Waals surface area contributed by atoms with Crippen LogP contribution in [0, 0.1) is 0 Å². The highest BCUT2D eigenvalue weighted by atomic mass is 16.5. The Labute approximate surface area is 115 Å². The first-order chi connectivity index (χ1) is 9.24. The van der Waals surface area contributed by atoms with Crippen LogP contribution >= 0.6 is 0 Å². The molecule has 2 aliphatic heterocycles. The fraction of sp³-hybridized carbons (Fsp3) is 0.625. The third kappa shape index (κ3) is 2.77. The number of nitrogens with zero attached hydrogens (tertiary/aromatic N) is 1. The lowest BCUT2D eigenvalue weighted by Crippen LogP contribution is -2.49. The van der Waals surface area contributed by atoms with Gasteiger partial charge in [0.15, 0.2) is 0 Å². The molecule has 3 atom stereocenters. The molecule has 2 heterocycles. The van der Waals surface area contributed by atoms with Crippen molar-refractivity contribution in [1.29, 1.82) is 0 Å². The van der Waals surface area contributed by atoms with E-state index in [1.807, 2.05) is 0 Å². The first-order valence-electron chi connectivity index (χ1n) is 7.45. The monoisotopic (exact) mass is 260 g/mol. The van der Waals surface area contributed by atoms with Crippen molar-refractivity contribution in [3.8, 4) is 5.75 Å². The van der Waals surface area contributed by atoms with Crippen molar-refractivity contribution in [3.63, 3.8) is 0 Å². The van der Waals surface area contributed by atoms with Crippen LogP contribution in [0.4, 0.5) is 0 Å². The molecule has 1 fully saturated rings. The van der Waals surface area contributed by atoms with Gasteiger partial charge in [-0.2, -0.15) is 0 Å². The summed E-state index contributed by atoms with van der Waals surface area (Å²) in [5.41, 5.74) is 7.50. The molecule has 0 amide bonds. The van der Waals surface area contributed by atoms with Crippen molar-refractivity contribution in [2.45, 2.75) is 44.2 Å². The normalized spacial score (nSPS) is 31.6. The van der Waals surface area contributed by atoms with Crippen LogP contribution in [0.1, 0.15) is 37.7 Å². The predicted molar refractivity (Wildman–Crippen MR) is 77.5 cm³/mol. The van der Waals surface area contributed by atoms with E-state index in [0.717, 1.165) is 31.9 Å². The average Bonchev–Trinajstić information content (AvgIpc) is 2.43. The fourth-order valence-corrected chi connectivity index (χ4v) is 3.35. The van der Waals surface area contributed by atoms with Crippen LogP contribution in [0.15, 0.2) is 24.3 Å². The van der Waals surface area contributed by atoms with Gasteiger partial charge >= 0.3 is 0 Å². The van der Waals surface area contributed by atoms with Crippen molar-refractivity contribution in [2.24, 2.45) is 5.73 Å². The summed E-state index contributed by atoms with van der Waals surface area (Å²) in [6.07, 6.45) is 3.52. The van der Waals surface area contributed by atoms with Gasteiger partial charge in [-0.1, -0.05) is 18.2 Å². The Morgan fingerprint density at radius 2 is 2.11 bits per heavy atom. The number of likely N-dealkylation sites (tertiary alicyclic amines) is 1. The van der Waals surface area contributed by atoms with E-state index in [-0.39, 0.29) is 0 Å². The number of benzene rings is 1. The van der Waals surface area contributed by atoms with Gasteiger partial charge in [0.05, 0.1) is 6.61 Å². The Bertz CT molecular complexity index is 435. The molecule has 0 saturated carbocycles. The maximum Gasteiger partial charge on any atom is 0.122 e. The maximum absolute atomic E-state index is 6.12. The minimum atomic E-state index is 0.353. The molecular formula is C16H24N2O. The second-order valence-corrected chi connectivity index (χ2v) is 6.01. The highest BCUT2D eigenvalue weighted by molar-refractivity contribution is 5.38. The Hall–Kier alpha value is -1.06. The van der Waals surface area contributed by atoms with Gasteiger partial charge in [0.2, 0.25) is 0 Å². The molecule has 0 aromatic heterocycles. The number of piperidine rings is 1. The van der Waals surface area contributed by atoms with E-state index >= 15 is 0 Å². The standard InChI is InChI=1S/C16H24N2O/c1-12-6-7-14(17)11-18(12)10-13-8-9-19-16-5-3-2-4-15(13)16/h2-5,12-14H,6-11,17H2,1H3. The lowest BCUT2D eigenvalue weighted by molar-refractivity contribution is 0.126. The second-order valence-electron chi connectivity index (χ2n) is 6.01. The SMILES string of the molecule is CC1CCC(N)CN1CC1CCOc2ccccc21. The highest BCUT2D eigenvalue weighted by Crippen LogP contribution is 2.34. The van der Waals surface area contributed by atoms with Crippen molar-refractivity contribution in [1.82, 2.24) is 4.90 Å². The van der Waals surface area contributed by atoms with Crippen LogP contribution < -0.4 is 10.5 Å². The molecule has 0 radical (unpaired) electrons. The minimum Gasteiger partial charge on any atom is -0.493 e. The van der Waals surface area contributed by atoms with E-state index in [9.17, 15) is 0 Å². The molecule has 0 spiro atoms. The Balaban J connectivity index is 1.73. The molecule has 0 aliphatic carbocycles. The van der Waals surface area contributed by atoms with Crippen LogP contribution in [-0.2, 0) is 0 Å². The zero-order chi connectivity index (χ0) is 13.2. The molecule has 0 bridgehead atoms. The molecule has 1 aromatic rings. The number of hydrogen-bond acceptors (Lipinski definition) is 3. The van der Waals surface area contributed by atoms with Gasteiger partial charge in [0, 0.05) is 31.1 Å². The van der Waals surface area contributed by atoms with E-state index < -0.39 is 0 Å². The molecule has 1 saturated heterocycles. The van der Waals surface area contributed by atoms with Crippen LogP contribution in [0.25, 0.3) is 0 Å². The lowest BCUT2D eigenvalue weighted by atomic mass is 9.90. The van der Waals surface area contributed by atoms with Gasteiger partial charge in [-0.3, -0.25) is 4.90 Å². The summed E-state index contributed by atoms with van der Waals surface area (Å²) in [6.45, 7) is 5.34. The number of rotatable bonds is 2. The maximum atomic E-state index is 6.12. The number of nitrogens with two attached hydrogens (primary N) is 1. The smallest absolute Gasteiger partial charge is 0.122 e. The highest BCUT2D eigenvalue weighted by Gasteiger charge is 2.28. The molecule has 3 rings (SSSR count). The summed E-state index contributed by atoms with van der Waals surface area (Å²) in [4.78, 5) is 2.57. The number of para-hydroxylation sites is 1. The van der Waals surface area contributed by atoms with Crippen molar-refractivity contribution >= 4 is 0 Å². The van der Waals surface area contributed by atoms with E-state index in [1.165, 1.54) is 18.4 Å². The summed E-state index contributed by atoms with van der Waals surface area (Å²) < 4.78 is 5.75. The summed E-state index contributed by atoms with van der Waals surface area (Å²) >= 11 is 0. The average molecular weight is 260 g/mol. The van der Waals surface area contributed by atoms with Gasteiger partial charge in [0.25, 0.3) is 0 Å². The van der Waals surface area contributed by atoms with Gasteiger partial charge in [-0.05, 0) is 37.8 Å². The fourth-order valence-electron chi connectivity index (χ4n) is 3.35. The minimum absolute atomic E-state index is 0.353. The third-order valence-corrected chi connectivity index (χ3v) is 4.59. The van der Waals surface area contributed by atoms with Crippen LogP contribution in [0.3, 0.4) is 0 Å². The summed E-state index contributed by atoms with van der Waals surface area (Å²) in [5.74, 6) is 1.67. The predicted octanol–water partition coefficient (Wildman–Crippen LogP) is 2.36. The summed E-state index contributed by atoms with van der Waals surface area (Å²) in [7, 11) is 0. The first kappa shape index (κ1) is 12.9. The number of hydrogen-bond donors (Lipinski definition) is 1. The van der Waals surface area contributed by atoms with Crippen molar-refractivity contribution < 1.29 is 4.74 Å².